The molecule has 1 saturated carbocycles. The molecule has 2 rings (SSSR count). The number of carbonyl (C=O) groups excluding carboxylic acids is 3. The average molecular weight is 338 g/mol. The van der Waals surface area contributed by atoms with Crippen molar-refractivity contribution in [3.8, 4) is 0 Å². The van der Waals surface area contributed by atoms with Crippen molar-refractivity contribution in [2.24, 2.45) is 5.73 Å². The molecule has 2 aliphatic rings. The highest BCUT2D eigenvalue weighted by molar-refractivity contribution is 6.08. The van der Waals surface area contributed by atoms with Crippen LogP contribution >= 0.6 is 0 Å². The first-order chi connectivity index (χ1) is 11.3. The molecule has 0 radical (unpaired) electrons. The van der Waals surface area contributed by atoms with Crippen LogP contribution < -0.4 is 11.1 Å². The van der Waals surface area contributed by atoms with Crippen LogP contribution in [0, 0.1) is 0 Å². The van der Waals surface area contributed by atoms with Crippen molar-refractivity contribution >= 4 is 17.8 Å². The third kappa shape index (κ3) is 3.27. The Hall–Kier alpha value is -1.63. The number of rotatable bonds is 6. The number of likely N-dealkylation sites (N-methyl/N-ethyl adjacent to an activating group) is 1. The second-order valence-electron chi connectivity index (χ2n) is 7.17. The van der Waals surface area contributed by atoms with E-state index in [0.717, 1.165) is 37.0 Å². The van der Waals surface area contributed by atoms with Crippen LogP contribution in [0.25, 0.3) is 0 Å². The highest BCUT2D eigenvalue weighted by Gasteiger charge is 2.55. The molecule has 136 valence electrons. The van der Waals surface area contributed by atoms with E-state index in [-0.39, 0.29) is 24.4 Å². The monoisotopic (exact) mass is 338 g/mol. The zero-order valence-corrected chi connectivity index (χ0v) is 15.1. The summed E-state index contributed by atoms with van der Waals surface area (Å²) in [5.74, 6) is -0.565. The maximum absolute atomic E-state index is 12.8. The fourth-order valence-electron chi connectivity index (χ4n) is 3.65. The van der Waals surface area contributed by atoms with Crippen LogP contribution in [0.1, 0.15) is 58.8 Å². The van der Waals surface area contributed by atoms with Gasteiger partial charge in [0.1, 0.15) is 12.1 Å². The highest BCUT2D eigenvalue weighted by Crippen LogP contribution is 2.39. The third-order valence-electron chi connectivity index (χ3n) is 5.83. The predicted molar refractivity (Wildman–Crippen MR) is 91.2 cm³/mol. The molecule has 24 heavy (non-hydrogen) atoms. The summed E-state index contributed by atoms with van der Waals surface area (Å²) >= 11 is 0. The summed E-state index contributed by atoms with van der Waals surface area (Å²) in [6.07, 6.45) is 5.82. The number of hydrogen-bond acceptors (Lipinski definition) is 4. The largest absolute Gasteiger partial charge is 0.353 e. The van der Waals surface area contributed by atoms with Gasteiger partial charge < -0.3 is 16.0 Å². The summed E-state index contributed by atoms with van der Waals surface area (Å²) in [7, 11) is 1.67. The number of carbonyl (C=O) groups is 3. The quantitative estimate of drug-likeness (QED) is 0.712. The van der Waals surface area contributed by atoms with E-state index >= 15 is 0 Å². The highest BCUT2D eigenvalue weighted by atomic mass is 16.2. The van der Waals surface area contributed by atoms with Crippen LogP contribution in [-0.4, -0.2) is 58.9 Å². The third-order valence-corrected chi connectivity index (χ3v) is 5.83. The topological polar surface area (TPSA) is 95.7 Å². The summed E-state index contributed by atoms with van der Waals surface area (Å²) in [5, 5.41) is 2.77. The fraction of sp³-hybridized carbons (Fsp3) is 0.824. The number of hydrogen-bond donors (Lipinski definition) is 2. The number of nitrogens with two attached hydrogens (primary N) is 1. The smallest absolute Gasteiger partial charge is 0.327 e. The van der Waals surface area contributed by atoms with E-state index in [4.69, 9.17) is 5.73 Å². The molecule has 0 atom stereocenters. The Kier molecular flexibility index (Phi) is 5.52. The molecule has 0 aromatic carbocycles. The molecule has 3 N–H and O–H groups in total. The Morgan fingerprint density at radius 2 is 1.79 bits per heavy atom. The lowest BCUT2D eigenvalue weighted by Crippen LogP contribution is -2.52. The van der Waals surface area contributed by atoms with Gasteiger partial charge in [-0.05, 0) is 25.7 Å². The first-order valence-electron chi connectivity index (χ1n) is 8.95. The van der Waals surface area contributed by atoms with Crippen molar-refractivity contribution in [1.29, 1.82) is 0 Å². The van der Waals surface area contributed by atoms with Crippen molar-refractivity contribution in [3.63, 3.8) is 0 Å². The molecule has 1 aliphatic heterocycles. The Morgan fingerprint density at radius 3 is 2.33 bits per heavy atom. The molecule has 2 fully saturated rings. The number of urea groups is 1. The molecule has 0 unspecified atom stereocenters. The van der Waals surface area contributed by atoms with Gasteiger partial charge in [0, 0.05) is 19.1 Å². The Balaban J connectivity index is 2.00. The van der Waals surface area contributed by atoms with Crippen molar-refractivity contribution < 1.29 is 14.4 Å². The molecule has 1 heterocycles. The van der Waals surface area contributed by atoms with Gasteiger partial charge in [-0.1, -0.05) is 33.1 Å². The van der Waals surface area contributed by atoms with E-state index in [2.05, 4.69) is 5.32 Å². The molecule has 7 heteroatoms. The standard InChI is InChI=1S/C17H30N4O3/c1-4-16(18,5-2)12-19-13(22)11-21-14(23)17(20(3)15(21)24)9-7-6-8-10-17/h4-12,18H2,1-3H3,(H,19,22). The van der Waals surface area contributed by atoms with Gasteiger partial charge in [-0.2, -0.15) is 0 Å². The van der Waals surface area contributed by atoms with Crippen LogP contribution in [0.5, 0.6) is 0 Å². The minimum atomic E-state index is -0.736. The number of imide groups is 1. The van der Waals surface area contributed by atoms with Gasteiger partial charge in [0.15, 0.2) is 0 Å². The minimum Gasteiger partial charge on any atom is -0.353 e. The van der Waals surface area contributed by atoms with E-state index in [0.29, 0.717) is 19.4 Å². The van der Waals surface area contributed by atoms with Gasteiger partial charge in [0.05, 0.1) is 0 Å². The first kappa shape index (κ1) is 18.7. The minimum absolute atomic E-state index is 0.227. The fourth-order valence-corrected chi connectivity index (χ4v) is 3.65. The van der Waals surface area contributed by atoms with Gasteiger partial charge in [0.25, 0.3) is 5.91 Å². The zero-order chi connectivity index (χ0) is 18.0. The summed E-state index contributed by atoms with van der Waals surface area (Å²) in [4.78, 5) is 40.1. The van der Waals surface area contributed by atoms with Crippen LogP contribution in [-0.2, 0) is 9.59 Å². The summed E-state index contributed by atoms with van der Waals surface area (Å²) in [6.45, 7) is 4.07. The Morgan fingerprint density at radius 1 is 1.21 bits per heavy atom. The maximum atomic E-state index is 12.8. The molecule has 1 spiro atoms. The molecule has 1 saturated heterocycles. The van der Waals surface area contributed by atoms with E-state index in [1.165, 1.54) is 4.90 Å². The molecular formula is C17H30N4O3. The van der Waals surface area contributed by atoms with Crippen LogP contribution in [0.4, 0.5) is 4.79 Å². The molecule has 4 amide bonds. The lowest BCUT2D eigenvalue weighted by Gasteiger charge is -2.35. The van der Waals surface area contributed by atoms with Crippen molar-refractivity contribution in [3.05, 3.63) is 0 Å². The number of nitrogens with zero attached hydrogens (tertiary/aromatic N) is 2. The van der Waals surface area contributed by atoms with Crippen LogP contribution in [0.15, 0.2) is 0 Å². The summed E-state index contributed by atoms with van der Waals surface area (Å²) < 4.78 is 0. The maximum Gasteiger partial charge on any atom is 0.327 e. The SMILES string of the molecule is CCC(N)(CC)CNC(=O)CN1C(=O)N(C)C2(CCCCC2)C1=O. The first-order valence-corrected chi connectivity index (χ1v) is 8.95. The second kappa shape index (κ2) is 7.09. The van der Waals surface area contributed by atoms with Gasteiger partial charge in [-0.25, -0.2) is 4.79 Å². The van der Waals surface area contributed by atoms with Gasteiger partial charge >= 0.3 is 6.03 Å². The number of amides is 4. The van der Waals surface area contributed by atoms with E-state index in [9.17, 15) is 14.4 Å². The van der Waals surface area contributed by atoms with Gasteiger partial charge in [-0.15, -0.1) is 0 Å². The number of nitrogens with one attached hydrogen (secondary N) is 1. The van der Waals surface area contributed by atoms with Gasteiger partial charge in [-0.3, -0.25) is 14.5 Å². The normalized spacial score (nSPS) is 20.8. The van der Waals surface area contributed by atoms with E-state index in [1.54, 1.807) is 7.05 Å². The molecular weight excluding hydrogens is 308 g/mol. The van der Waals surface area contributed by atoms with Crippen LogP contribution in [0.3, 0.4) is 0 Å². The Labute approximate surface area is 143 Å². The lowest BCUT2D eigenvalue weighted by atomic mass is 9.81. The molecule has 0 aromatic rings. The average Bonchev–Trinajstić information content (AvgIpc) is 2.77. The summed E-state index contributed by atoms with van der Waals surface area (Å²) in [6, 6.07) is -0.373. The van der Waals surface area contributed by atoms with Crippen LogP contribution in [0.2, 0.25) is 0 Å². The van der Waals surface area contributed by atoms with E-state index < -0.39 is 11.1 Å². The molecule has 1 aliphatic carbocycles. The lowest BCUT2D eigenvalue weighted by molar-refractivity contribution is -0.137. The van der Waals surface area contributed by atoms with E-state index in [1.807, 2.05) is 13.8 Å². The van der Waals surface area contributed by atoms with Crippen molar-refractivity contribution in [1.82, 2.24) is 15.1 Å². The van der Waals surface area contributed by atoms with Gasteiger partial charge in [0.2, 0.25) is 5.91 Å². The predicted octanol–water partition coefficient (Wildman–Crippen LogP) is 1.22. The molecule has 0 bridgehead atoms. The summed E-state index contributed by atoms with van der Waals surface area (Å²) in [5.41, 5.74) is 4.99. The molecule has 0 aromatic heterocycles. The van der Waals surface area contributed by atoms with Crippen molar-refractivity contribution in [2.75, 3.05) is 20.1 Å². The van der Waals surface area contributed by atoms with Crippen molar-refractivity contribution in [2.45, 2.75) is 69.9 Å². The Bertz CT molecular complexity index is 510. The second-order valence-corrected chi connectivity index (χ2v) is 7.17. The zero-order valence-electron chi connectivity index (χ0n) is 15.1. The molecule has 7 nitrogen and oxygen atoms in total.